The molecule has 3 nitrogen and oxygen atoms in total. The van der Waals surface area contributed by atoms with E-state index in [9.17, 15) is 18.0 Å². The van der Waals surface area contributed by atoms with Crippen LogP contribution in [0, 0.1) is 0 Å². The van der Waals surface area contributed by atoms with Crippen LogP contribution in [0.25, 0.3) is 10.9 Å². The maximum absolute atomic E-state index is 11.9. The van der Waals surface area contributed by atoms with E-state index < -0.39 is 12.1 Å². The number of fused-ring (bicyclic) bond motifs is 1. The first kappa shape index (κ1) is 12.5. The maximum Gasteiger partial charge on any atom is 0.471 e. The van der Waals surface area contributed by atoms with E-state index in [1.807, 2.05) is 35.6 Å². The highest BCUT2D eigenvalue weighted by Crippen LogP contribution is 2.15. The normalized spacial score (nSPS) is 11.7. The van der Waals surface area contributed by atoms with E-state index in [4.69, 9.17) is 0 Å². The number of alkyl halides is 3. The third-order valence-electron chi connectivity index (χ3n) is 2.58. The molecule has 0 saturated heterocycles. The average molecular weight is 256 g/mol. The van der Waals surface area contributed by atoms with Gasteiger partial charge in [-0.2, -0.15) is 13.2 Å². The Hall–Kier alpha value is -1.98. The van der Waals surface area contributed by atoms with Crippen molar-refractivity contribution >= 4 is 16.8 Å². The number of hydrogen-bond acceptors (Lipinski definition) is 1. The second-order valence-electron chi connectivity index (χ2n) is 3.82. The van der Waals surface area contributed by atoms with Crippen LogP contribution in [0.4, 0.5) is 13.2 Å². The zero-order chi connectivity index (χ0) is 13.2. The zero-order valence-electron chi connectivity index (χ0n) is 9.37. The molecule has 96 valence electrons. The van der Waals surface area contributed by atoms with E-state index in [2.05, 4.69) is 0 Å². The fourth-order valence-electron chi connectivity index (χ4n) is 1.73. The number of benzene rings is 1. The molecule has 18 heavy (non-hydrogen) atoms. The van der Waals surface area contributed by atoms with Crippen LogP contribution in [0.1, 0.15) is 0 Å². The molecule has 1 aromatic carbocycles. The van der Waals surface area contributed by atoms with Gasteiger partial charge in [0, 0.05) is 24.8 Å². The third kappa shape index (κ3) is 2.64. The van der Waals surface area contributed by atoms with Gasteiger partial charge in [0.2, 0.25) is 0 Å². The van der Waals surface area contributed by atoms with E-state index in [0.29, 0.717) is 6.54 Å². The van der Waals surface area contributed by atoms with Gasteiger partial charge in [0.15, 0.2) is 0 Å². The molecule has 0 atom stereocenters. The number of amides is 1. The van der Waals surface area contributed by atoms with Gasteiger partial charge in [-0.1, -0.05) is 18.2 Å². The van der Waals surface area contributed by atoms with Crippen molar-refractivity contribution in [1.82, 2.24) is 9.88 Å². The van der Waals surface area contributed by atoms with Crippen molar-refractivity contribution in [3.63, 3.8) is 0 Å². The summed E-state index contributed by atoms with van der Waals surface area (Å²) in [7, 11) is 0. The summed E-state index contributed by atoms with van der Waals surface area (Å²) in [6, 6.07) is 9.41. The Bertz CT molecular complexity index is 560. The molecule has 1 N–H and O–H groups in total. The second-order valence-corrected chi connectivity index (χ2v) is 3.82. The minimum atomic E-state index is -4.82. The van der Waals surface area contributed by atoms with Gasteiger partial charge >= 0.3 is 12.1 Å². The number of carbonyl (C=O) groups excluding carboxylic acids is 1. The van der Waals surface area contributed by atoms with Gasteiger partial charge in [-0.3, -0.25) is 4.79 Å². The van der Waals surface area contributed by atoms with E-state index in [-0.39, 0.29) is 6.54 Å². The Morgan fingerprint density at radius 2 is 1.94 bits per heavy atom. The van der Waals surface area contributed by atoms with E-state index in [0.717, 1.165) is 10.9 Å². The molecule has 0 aliphatic carbocycles. The Morgan fingerprint density at radius 1 is 1.22 bits per heavy atom. The van der Waals surface area contributed by atoms with Gasteiger partial charge in [0.25, 0.3) is 0 Å². The molecule has 1 heterocycles. The predicted molar refractivity (Wildman–Crippen MR) is 61.0 cm³/mol. The fraction of sp³-hybridized carbons (Fsp3) is 0.250. The summed E-state index contributed by atoms with van der Waals surface area (Å²) in [5, 5.41) is 2.85. The van der Waals surface area contributed by atoms with Crippen LogP contribution in [-0.2, 0) is 11.3 Å². The summed E-state index contributed by atoms with van der Waals surface area (Å²) in [4.78, 5) is 10.6. The van der Waals surface area contributed by atoms with Crippen LogP contribution in [-0.4, -0.2) is 23.2 Å². The Morgan fingerprint density at radius 3 is 2.67 bits per heavy atom. The first-order valence-electron chi connectivity index (χ1n) is 5.37. The molecular weight excluding hydrogens is 245 g/mol. The van der Waals surface area contributed by atoms with Crippen LogP contribution in [0.5, 0.6) is 0 Å². The van der Waals surface area contributed by atoms with Crippen molar-refractivity contribution in [3.8, 4) is 0 Å². The molecule has 0 aliphatic heterocycles. The molecule has 0 radical (unpaired) electrons. The Labute approximate surface area is 101 Å². The summed E-state index contributed by atoms with van der Waals surface area (Å²) >= 11 is 0. The average Bonchev–Trinajstić information content (AvgIpc) is 2.71. The number of hydrogen-bond donors (Lipinski definition) is 1. The highest BCUT2D eigenvalue weighted by atomic mass is 19.4. The second kappa shape index (κ2) is 4.72. The SMILES string of the molecule is O=C(NCCn1ccc2ccccc21)C(F)(F)F. The number of rotatable bonds is 3. The zero-order valence-corrected chi connectivity index (χ0v) is 9.37. The summed E-state index contributed by atoms with van der Waals surface area (Å²) in [5.74, 6) is -1.90. The summed E-state index contributed by atoms with van der Waals surface area (Å²) in [5.41, 5.74) is 0.929. The van der Waals surface area contributed by atoms with Crippen molar-refractivity contribution in [3.05, 3.63) is 36.5 Å². The molecule has 0 unspecified atom stereocenters. The lowest BCUT2D eigenvalue weighted by Crippen LogP contribution is -2.38. The molecular formula is C12H11F3N2O. The molecule has 6 heteroatoms. The van der Waals surface area contributed by atoms with Crippen LogP contribution < -0.4 is 5.32 Å². The van der Waals surface area contributed by atoms with Gasteiger partial charge in [0.1, 0.15) is 0 Å². The van der Waals surface area contributed by atoms with Crippen molar-refractivity contribution < 1.29 is 18.0 Å². The number of carbonyl (C=O) groups is 1. The summed E-state index contributed by atoms with van der Waals surface area (Å²) in [6.45, 7) is 0.242. The minimum absolute atomic E-state index is 0.0585. The van der Waals surface area contributed by atoms with Gasteiger partial charge < -0.3 is 9.88 Å². The first-order chi connectivity index (χ1) is 8.48. The van der Waals surface area contributed by atoms with Gasteiger partial charge in [-0.05, 0) is 17.5 Å². The quantitative estimate of drug-likeness (QED) is 0.898. The predicted octanol–water partition coefficient (Wildman–Crippen LogP) is 2.32. The van der Waals surface area contributed by atoms with Crippen molar-refractivity contribution in [1.29, 1.82) is 0 Å². The molecule has 0 saturated carbocycles. The van der Waals surface area contributed by atoms with Crippen LogP contribution >= 0.6 is 0 Å². The van der Waals surface area contributed by atoms with Crippen molar-refractivity contribution in [2.75, 3.05) is 6.54 Å². The topological polar surface area (TPSA) is 34.0 Å². The molecule has 0 fully saturated rings. The first-order valence-corrected chi connectivity index (χ1v) is 5.37. The minimum Gasteiger partial charge on any atom is -0.346 e. The molecule has 2 aromatic rings. The summed E-state index contributed by atoms with van der Waals surface area (Å²) < 4.78 is 37.6. The molecule has 2 rings (SSSR count). The number of nitrogens with one attached hydrogen (secondary N) is 1. The number of nitrogens with zero attached hydrogens (tertiary/aromatic N) is 1. The highest BCUT2D eigenvalue weighted by Gasteiger charge is 2.38. The highest BCUT2D eigenvalue weighted by molar-refractivity contribution is 5.82. The van der Waals surface area contributed by atoms with E-state index in [1.165, 1.54) is 0 Å². The Balaban J connectivity index is 1.97. The molecule has 0 aliphatic rings. The van der Waals surface area contributed by atoms with Crippen molar-refractivity contribution in [2.24, 2.45) is 0 Å². The molecule has 1 amide bonds. The largest absolute Gasteiger partial charge is 0.471 e. The van der Waals surface area contributed by atoms with E-state index in [1.54, 1.807) is 10.8 Å². The van der Waals surface area contributed by atoms with Crippen LogP contribution in [0.15, 0.2) is 36.5 Å². The lowest BCUT2D eigenvalue weighted by Gasteiger charge is -2.09. The van der Waals surface area contributed by atoms with Gasteiger partial charge in [-0.15, -0.1) is 0 Å². The van der Waals surface area contributed by atoms with Crippen molar-refractivity contribution in [2.45, 2.75) is 12.7 Å². The molecule has 0 bridgehead atoms. The molecule has 1 aromatic heterocycles. The lowest BCUT2D eigenvalue weighted by molar-refractivity contribution is -0.173. The van der Waals surface area contributed by atoms with E-state index >= 15 is 0 Å². The number of halogens is 3. The number of para-hydroxylation sites is 1. The molecule has 0 spiro atoms. The van der Waals surface area contributed by atoms with Crippen LogP contribution in [0.2, 0.25) is 0 Å². The third-order valence-corrected chi connectivity index (χ3v) is 2.58. The maximum atomic E-state index is 11.9. The van der Waals surface area contributed by atoms with Gasteiger partial charge in [0.05, 0.1) is 0 Å². The standard InChI is InChI=1S/C12H11F3N2O/c13-12(14,15)11(18)16-6-8-17-7-5-9-3-1-2-4-10(9)17/h1-5,7H,6,8H2,(H,16,18). The number of aromatic nitrogens is 1. The Kier molecular flexibility index (Phi) is 3.27. The lowest BCUT2D eigenvalue weighted by atomic mass is 10.2. The summed E-state index contributed by atoms with van der Waals surface area (Å²) in [6.07, 6.45) is -3.04. The van der Waals surface area contributed by atoms with Gasteiger partial charge in [-0.25, -0.2) is 0 Å². The van der Waals surface area contributed by atoms with Crippen LogP contribution in [0.3, 0.4) is 0 Å². The smallest absolute Gasteiger partial charge is 0.346 e. The monoisotopic (exact) mass is 256 g/mol. The fourth-order valence-corrected chi connectivity index (χ4v) is 1.73.